The van der Waals surface area contributed by atoms with Gasteiger partial charge in [-0.25, -0.2) is 0 Å². The molecule has 6 nitrogen and oxygen atoms in total. The number of aliphatic hydroxyl groups excluding tert-OH is 1. The summed E-state index contributed by atoms with van der Waals surface area (Å²) >= 11 is 0. The van der Waals surface area contributed by atoms with Crippen LogP contribution in [0.15, 0.2) is 0 Å². The van der Waals surface area contributed by atoms with Crippen LogP contribution in [0.3, 0.4) is 0 Å². The van der Waals surface area contributed by atoms with Crippen molar-refractivity contribution in [1.29, 1.82) is 0 Å². The topological polar surface area (TPSA) is 68.2 Å². The second-order valence-electron chi connectivity index (χ2n) is 13.9. The van der Waals surface area contributed by atoms with Gasteiger partial charge in [-0.05, 0) is 76.8 Å². The first-order valence-electron chi connectivity index (χ1n) is 20.3. The number of ether oxygens (including phenoxy) is 3. The van der Waals surface area contributed by atoms with Gasteiger partial charge in [-0.1, -0.05) is 130 Å². The molecule has 0 aliphatic rings. The lowest BCUT2D eigenvalue weighted by Crippen LogP contribution is -2.28. The minimum atomic E-state index is 0.0412. The quantitative estimate of drug-likeness (QED) is 0.0405. The molecule has 2 atom stereocenters. The third-order valence-corrected chi connectivity index (χ3v) is 9.36. The maximum absolute atomic E-state index is 12.7. The lowest BCUT2D eigenvalue weighted by atomic mass is 9.95. The number of rotatable bonds is 38. The number of unbranched alkanes of at least 4 members (excludes halogenated alkanes) is 14. The maximum atomic E-state index is 12.7. The van der Waals surface area contributed by atoms with Gasteiger partial charge in [0.2, 0.25) is 0 Å². The van der Waals surface area contributed by atoms with Gasteiger partial charge in [-0.15, -0.1) is 0 Å². The number of nitrogens with zero attached hydrogens (tertiary/aromatic N) is 1. The molecule has 0 spiro atoms. The van der Waals surface area contributed by atoms with Crippen LogP contribution in [-0.2, 0) is 19.0 Å². The zero-order chi connectivity index (χ0) is 33.8. The summed E-state index contributed by atoms with van der Waals surface area (Å²) in [5, 5.41) is 9.35. The van der Waals surface area contributed by atoms with Crippen molar-refractivity contribution in [2.75, 3.05) is 52.9 Å². The van der Waals surface area contributed by atoms with E-state index in [4.69, 9.17) is 14.2 Å². The lowest BCUT2D eigenvalue weighted by molar-refractivity contribution is -0.149. The summed E-state index contributed by atoms with van der Waals surface area (Å²) in [5.41, 5.74) is 0. The number of hydrogen-bond acceptors (Lipinski definition) is 6. The second-order valence-corrected chi connectivity index (χ2v) is 13.9. The first kappa shape index (κ1) is 45.3. The van der Waals surface area contributed by atoms with Gasteiger partial charge in [-0.2, -0.15) is 0 Å². The molecule has 0 fully saturated rings. The van der Waals surface area contributed by atoms with Crippen molar-refractivity contribution >= 4 is 5.97 Å². The van der Waals surface area contributed by atoms with Crippen molar-refractivity contribution in [2.24, 2.45) is 11.8 Å². The number of carbonyl (C=O) groups excluding carboxylic acids is 1. The molecule has 0 aliphatic carbocycles. The minimum absolute atomic E-state index is 0.0412. The Bertz CT molecular complexity index is 604. The summed E-state index contributed by atoms with van der Waals surface area (Å²) in [7, 11) is 0. The Morgan fingerprint density at radius 2 is 1.04 bits per heavy atom. The Labute approximate surface area is 287 Å². The van der Waals surface area contributed by atoms with Crippen molar-refractivity contribution in [3.63, 3.8) is 0 Å². The molecular formula is C40H81NO5. The van der Waals surface area contributed by atoms with Crippen LogP contribution in [0.25, 0.3) is 0 Å². The molecule has 6 heteroatoms. The summed E-state index contributed by atoms with van der Waals surface area (Å²) in [4.78, 5) is 15.2. The first-order chi connectivity index (χ1) is 22.6. The van der Waals surface area contributed by atoms with E-state index < -0.39 is 0 Å². The van der Waals surface area contributed by atoms with E-state index in [9.17, 15) is 9.90 Å². The molecule has 276 valence electrons. The monoisotopic (exact) mass is 656 g/mol. The summed E-state index contributed by atoms with van der Waals surface area (Å²) in [5.74, 6) is 0.831. The highest BCUT2D eigenvalue weighted by Gasteiger charge is 2.19. The average molecular weight is 656 g/mol. The molecule has 0 bridgehead atoms. The number of aliphatic hydroxyl groups is 1. The molecule has 1 N–H and O–H groups in total. The molecule has 0 heterocycles. The molecule has 2 unspecified atom stereocenters. The van der Waals surface area contributed by atoms with E-state index >= 15 is 0 Å². The summed E-state index contributed by atoms with van der Waals surface area (Å²) < 4.78 is 17.4. The number of esters is 1. The molecule has 0 aromatic carbocycles. The fourth-order valence-electron chi connectivity index (χ4n) is 6.25. The highest BCUT2D eigenvalue weighted by atomic mass is 16.7. The molecule has 0 aromatic rings. The van der Waals surface area contributed by atoms with Crippen LogP contribution < -0.4 is 0 Å². The summed E-state index contributed by atoms with van der Waals surface area (Å²) in [6.07, 6.45) is 29.5. The largest absolute Gasteiger partial charge is 0.465 e. The third-order valence-electron chi connectivity index (χ3n) is 9.36. The van der Waals surface area contributed by atoms with E-state index in [2.05, 4.69) is 32.6 Å². The van der Waals surface area contributed by atoms with Crippen LogP contribution in [0.1, 0.15) is 188 Å². The van der Waals surface area contributed by atoms with Crippen molar-refractivity contribution in [1.82, 2.24) is 4.90 Å². The van der Waals surface area contributed by atoms with Gasteiger partial charge in [0.25, 0.3) is 0 Å². The molecule has 0 amide bonds. The SMILES string of the molecule is CCCCCCC(CCCC)COCOCCCCCCN(CCCO)CCCCCCOC(=O)C(CCCC)CCCCCC. The Morgan fingerprint density at radius 3 is 1.67 bits per heavy atom. The zero-order valence-electron chi connectivity index (χ0n) is 31.5. The first-order valence-corrected chi connectivity index (χ1v) is 20.3. The van der Waals surface area contributed by atoms with Crippen LogP contribution in [0.4, 0.5) is 0 Å². The van der Waals surface area contributed by atoms with Crippen LogP contribution in [0.5, 0.6) is 0 Å². The molecule has 46 heavy (non-hydrogen) atoms. The van der Waals surface area contributed by atoms with E-state index in [-0.39, 0.29) is 18.5 Å². The van der Waals surface area contributed by atoms with E-state index in [1.54, 1.807) is 0 Å². The average Bonchev–Trinajstić information content (AvgIpc) is 3.06. The van der Waals surface area contributed by atoms with Gasteiger partial charge in [-0.3, -0.25) is 4.79 Å². The molecule has 0 radical (unpaired) electrons. The Kier molecular flexibility index (Phi) is 36.6. The predicted molar refractivity (Wildman–Crippen MR) is 196 cm³/mol. The van der Waals surface area contributed by atoms with Crippen molar-refractivity contribution in [3.05, 3.63) is 0 Å². The van der Waals surface area contributed by atoms with Crippen LogP contribution >= 0.6 is 0 Å². The zero-order valence-corrected chi connectivity index (χ0v) is 31.5. The molecule has 0 rings (SSSR count). The van der Waals surface area contributed by atoms with Crippen molar-refractivity contribution < 1.29 is 24.1 Å². The van der Waals surface area contributed by atoms with Gasteiger partial charge in [0.05, 0.1) is 19.1 Å². The standard InChI is InChI=1S/C40H81NO5/c1-5-9-13-19-27-38(26-11-7-3)36-45-37-44-34-23-17-15-21-30-41(32-25-33-42)31-22-16-18-24-35-46-40(43)39(28-12-8-4)29-20-14-10-6-2/h38-39,42H,5-37H2,1-4H3. The van der Waals surface area contributed by atoms with Crippen LogP contribution in [-0.4, -0.2) is 68.8 Å². The van der Waals surface area contributed by atoms with Crippen molar-refractivity contribution in [2.45, 2.75) is 188 Å². The van der Waals surface area contributed by atoms with E-state index in [0.29, 0.717) is 19.3 Å². The Morgan fingerprint density at radius 1 is 0.543 bits per heavy atom. The van der Waals surface area contributed by atoms with Gasteiger partial charge in [0, 0.05) is 19.8 Å². The lowest BCUT2D eigenvalue weighted by Gasteiger charge is -2.22. The summed E-state index contributed by atoms with van der Waals surface area (Å²) in [6.45, 7) is 15.1. The van der Waals surface area contributed by atoms with E-state index in [0.717, 1.165) is 90.6 Å². The Hall–Kier alpha value is -0.690. The normalized spacial score (nSPS) is 13.0. The summed E-state index contributed by atoms with van der Waals surface area (Å²) in [6, 6.07) is 0. The van der Waals surface area contributed by atoms with Crippen molar-refractivity contribution in [3.8, 4) is 0 Å². The van der Waals surface area contributed by atoms with Gasteiger partial charge in [0.15, 0.2) is 0 Å². The number of hydrogen-bond donors (Lipinski definition) is 1. The molecular weight excluding hydrogens is 574 g/mol. The van der Waals surface area contributed by atoms with E-state index in [1.807, 2.05) is 0 Å². The Balaban J connectivity index is 3.95. The smallest absolute Gasteiger partial charge is 0.308 e. The maximum Gasteiger partial charge on any atom is 0.308 e. The van der Waals surface area contributed by atoms with Crippen LogP contribution in [0, 0.1) is 11.8 Å². The highest BCUT2D eigenvalue weighted by Crippen LogP contribution is 2.20. The third kappa shape index (κ3) is 30.6. The molecule has 0 aliphatic heterocycles. The minimum Gasteiger partial charge on any atom is -0.465 e. The highest BCUT2D eigenvalue weighted by molar-refractivity contribution is 5.72. The van der Waals surface area contributed by atoms with Gasteiger partial charge >= 0.3 is 5.97 Å². The van der Waals surface area contributed by atoms with E-state index in [1.165, 1.54) is 103 Å². The second kappa shape index (κ2) is 37.1. The van der Waals surface area contributed by atoms with Crippen LogP contribution in [0.2, 0.25) is 0 Å². The molecule has 0 saturated heterocycles. The van der Waals surface area contributed by atoms with Gasteiger partial charge in [0.1, 0.15) is 6.79 Å². The van der Waals surface area contributed by atoms with Gasteiger partial charge < -0.3 is 24.2 Å². The number of carbonyl (C=O) groups is 1. The predicted octanol–water partition coefficient (Wildman–Crippen LogP) is 10.9. The fourth-order valence-corrected chi connectivity index (χ4v) is 6.25. The molecule has 0 saturated carbocycles. The molecule has 0 aromatic heterocycles. The fraction of sp³-hybridized carbons (Fsp3) is 0.975.